The Kier molecular flexibility index (Phi) is 6.37. The maximum Gasteiger partial charge on any atom is 0.00955 e. The third-order valence-electron chi connectivity index (χ3n) is 3.75. The highest BCUT2D eigenvalue weighted by atomic mass is 15.2. The van der Waals surface area contributed by atoms with E-state index in [-0.39, 0.29) is 0 Å². The molecule has 2 nitrogen and oxygen atoms in total. The van der Waals surface area contributed by atoms with Gasteiger partial charge >= 0.3 is 0 Å². The molecule has 1 aliphatic carbocycles. The van der Waals surface area contributed by atoms with E-state index in [0.29, 0.717) is 0 Å². The number of nitrogens with zero attached hydrogens (tertiary/aromatic N) is 1. The molecule has 0 unspecified atom stereocenters. The molecular weight excluding hydrogens is 196 g/mol. The molecule has 0 amide bonds. The summed E-state index contributed by atoms with van der Waals surface area (Å²) in [7, 11) is 0. The molecule has 0 aromatic heterocycles. The highest BCUT2D eigenvalue weighted by Crippen LogP contribution is 2.27. The van der Waals surface area contributed by atoms with Gasteiger partial charge in [-0.1, -0.05) is 20.8 Å². The van der Waals surface area contributed by atoms with E-state index < -0.39 is 0 Å². The van der Waals surface area contributed by atoms with Crippen LogP contribution in [0.1, 0.15) is 52.9 Å². The summed E-state index contributed by atoms with van der Waals surface area (Å²) in [4.78, 5) is 2.70. The minimum atomic E-state index is 0.775. The lowest BCUT2D eigenvalue weighted by atomic mass is 9.86. The summed E-state index contributed by atoms with van der Waals surface area (Å²) in [6.45, 7) is 10.3. The Balaban J connectivity index is 2.40. The molecule has 2 heteroatoms. The van der Waals surface area contributed by atoms with Crippen LogP contribution in [0.15, 0.2) is 0 Å². The summed E-state index contributed by atoms with van der Waals surface area (Å²) >= 11 is 0. The van der Waals surface area contributed by atoms with Gasteiger partial charge in [0.2, 0.25) is 0 Å². The molecule has 0 aromatic rings. The second-order valence-electron chi connectivity index (χ2n) is 5.94. The normalized spacial score (nSPS) is 26.6. The minimum absolute atomic E-state index is 0.775. The van der Waals surface area contributed by atoms with E-state index in [1.807, 2.05) is 0 Å². The first kappa shape index (κ1) is 14.0. The molecule has 0 heterocycles. The lowest BCUT2D eigenvalue weighted by molar-refractivity contribution is 0.125. The van der Waals surface area contributed by atoms with Gasteiger partial charge in [-0.05, 0) is 57.0 Å². The van der Waals surface area contributed by atoms with Crippen LogP contribution in [-0.2, 0) is 0 Å². The maximum atomic E-state index is 5.63. The molecule has 96 valence electrons. The van der Waals surface area contributed by atoms with Crippen molar-refractivity contribution in [3.05, 3.63) is 0 Å². The van der Waals surface area contributed by atoms with Gasteiger partial charge < -0.3 is 10.6 Å². The molecule has 1 fully saturated rings. The predicted molar refractivity (Wildman–Crippen MR) is 71.5 cm³/mol. The molecule has 0 radical (unpaired) electrons. The van der Waals surface area contributed by atoms with Crippen molar-refractivity contribution in [3.8, 4) is 0 Å². The zero-order valence-corrected chi connectivity index (χ0v) is 11.4. The summed E-state index contributed by atoms with van der Waals surface area (Å²) in [6.07, 6.45) is 6.79. The van der Waals surface area contributed by atoms with Crippen molar-refractivity contribution in [2.24, 2.45) is 17.6 Å². The fraction of sp³-hybridized carbons (Fsp3) is 1.00. The van der Waals surface area contributed by atoms with Gasteiger partial charge in [-0.2, -0.15) is 0 Å². The predicted octanol–water partition coefficient (Wildman–Crippen LogP) is 2.87. The standard InChI is InChI=1S/C14H30N2/c1-12(2)11-16(10-4-9-15)14-7-5-13(3)6-8-14/h12-14H,4-11,15H2,1-3H3. The molecule has 1 aliphatic rings. The van der Waals surface area contributed by atoms with Crippen LogP contribution >= 0.6 is 0 Å². The van der Waals surface area contributed by atoms with Gasteiger partial charge in [0, 0.05) is 12.6 Å². The van der Waals surface area contributed by atoms with Crippen LogP contribution in [0.3, 0.4) is 0 Å². The van der Waals surface area contributed by atoms with Gasteiger partial charge in [0.05, 0.1) is 0 Å². The molecule has 0 aliphatic heterocycles. The second-order valence-corrected chi connectivity index (χ2v) is 5.94. The Hall–Kier alpha value is -0.0800. The van der Waals surface area contributed by atoms with Crippen LogP contribution in [0, 0.1) is 11.8 Å². The Morgan fingerprint density at radius 2 is 1.81 bits per heavy atom. The van der Waals surface area contributed by atoms with Crippen molar-refractivity contribution in [2.75, 3.05) is 19.6 Å². The summed E-state index contributed by atoms with van der Waals surface area (Å²) in [5.74, 6) is 1.73. The number of hydrogen-bond donors (Lipinski definition) is 1. The quantitative estimate of drug-likeness (QED) is 0.754. The fourth-order valence-corrected chi connectivity index (χ4v) is 2.79. The van der Waals surface area contributed by atoms with Crippen LogP contribution < -0.4 is 5.73 Å². The van der Waals surface area contributed by atoms with E-state index in [2.05, 4.69) is 25.7 Å². The summed E-state index contributed by atoms with van der Waals surface area (Å²) < 4.78 is 0. The van der Waals surface area contributed by atoms with Crippen molar-refractivity contribution in [2.45, 2.75) is 58.9 Å². The minimum Gasteiger partial charge on any atom is -0.330 e. The van der Waals surface area contributed by atoms with Crippen molar-refractivity contribution in [3.63, 3.8) is 0 Å². The second kappa shape index (κ2) is 7.29. The van der Waals surface area contributed by atoms with Gasteiger partial charge in [0.1, 0.15) is 0 Å². The zero-order chi connectivity index (χ0) is 12.0. The topological polar surface area (TPSA) is 29.3 Å². The Bertz CT molecular complexity index is 172. The maximum absolute atomic E-state index is 5.63. The molecular formula is C14H30N2. The van der Waals surface area contributed by atoms with Crippen LogP contribution in [-0.4, -0.2) is 30.6 Å². The van der Waals surface area contributed by atoms with Crippen molar-refractivity contribution < 1.29 is 0 Å². The first-order valence-electron chi connectivity index (χ1n) is 7.07. The highest BCUT2D eigenvalue weighted by Gasteiger charge is 2.23. The van der Waals surface area contributed by atoms with E-state index in [0.717, 1.165) is 30.8 Å². The summed E-state index contributed by atoms with van der Waals surface area (Å²) in [5.41, 5.74) is 5.63. The van der Waals surface area contributed by atoms with Crippen molar-refractivity contribution in [1.82, 2.24) is 4.90 Å². The Labute approximate surface area is 102 Å². The van der Waals surface area contributed by atoms with Crippen LogP contribution in [0.25, 0.3) is 0 Å². The van der Waals surface area contributed by atoms with Gasteiger partial charge in [-0.25, -0.2) is 0 Å². The van der Waals surface area contributed by atoms with Crippen LogP contribution in [0.2, 0.25) is 0 Å². The molecule has 0 spiro atoms. The van der Waals surface area contributed by atoms with E-state index in [9.17, 15) is 0 Å². The third-order valence-corrected chi connectivity index (χ3v) is 3.75. The Morgan fingerprint density at radius 1 is 1.19 bits per heavy atom. The third kappa shape index (κ3) is 4.84. The number of nitrogens with two attached hydrogens (primary N) is 1. The molecule has 0 saturated heterocycles. The van der Waals surface area contributed by atoms with E-state index in [1.165, 1.54) is 38.8 Å². The van der Waals surface area contributed by atoms with Gasteiger partial charge in [-0.15, -0.1) is 0 Å². The monoisotopic (exact) mass is 226 g/mol. The molecule has 1 rings (SSSR count). The van der Waals surface area contributed by atoms with E-state index in [4.69, 9.17) is 5.73 Å². The highest BCUT2D eigenvalue weighted by molar-refractivity contribution is 4.79. The van der Waals surface area contributed by atoms with Gasteiger partial charge in [0.25, 0.3) is 0 Å². The molecule has 16 heavy (non-hydrogen) atoms. The van der Waals surface area contributed by atoms with Crippen LogP contribution in [0.4, 0.5) is 0 Å². The van der Waals surface area contributed by atoms with E-state index >= 15 is 0 Å². The molecule has 2 N–H and O–H groups in total. The summed E-state index contributed by atoms with van der Waals surface area (Å²) in [6, 6.07) is 0.838. The number of rotatable bonds is 6. The lowest BCUT2D eigenvalue weighted by Gasteiger charge is -2.37. The average Bonchev–Trinajstić information content (AvgIpc) is 2.25. The van der Waals surface area contributed by atoms with Crippen molar-refractivity contribution >= 4 is 0 Å². The first-order valence-corrected chi connectivity index (χ1v) is 7.07. The molecule has 0 aromatic carbocycles. The SMILES string of the molecule is CC(C)CN(CCCN)C1CCC(C)CC1. The Morgan fingerprint density at radius 3 is 2.31 bits per heavy atom. The van der Waals surface area contributed by atoms with Gasteiger partial charge in [-0.3, -0.25) is 0 Å². The molecule has 0 atom stereocenters. The largest absolute Gasteiger partial charge is 0.330 e. The smallest absolute Gasteiger partial charge is 0.00955 e. The van der Waals surface area contributed by atoms with Gasteiger partial charge in [0.15, 0.2) is 0 Å². The fourth-order valence-electron chi connectivity index (χ4n) is 2.79. The molecule has 1 saturated carbocycles. The molecule has 0 bridgehead atoms. The van der Waals surface area contributed by atoms with Crippen LogP contribution in [0.5, 0.6) is 0 Å². The lowest BCUT2D eigenvalue weighted by Crippen LogP contribution is -2.41. The summed E-state index contributed by atoms with van der Waals surface area (Å²) in [5, 5.41) is 0. The average molecular weight is 226 g/mol. The number of hydrogen-bond acceptors (Lipinski definition) is 2. The zero-order valence-electron chi connectivity index (χ0n) is 11.4. The van der Waals surface area contributed by atoms with E-state index in [1.54, 1.807) is 0 Å². The van der Waals surface area contributed by atoms with Crippen molar-refractivity contribution in [1.29, 1.82) is 0 Å². The first-order chi connectivity index (χ1) is 7.63.